The van der Waals surface area contributed by atoms with Crippen molar-refractivity contribution in [1.29, 1.82) is 0 Å². The van der Waals surface area contributed by atoms with Crippen molar-refractivity contribution in [2.75, 3.05) is 32.1 Å². The molecule has 0 unspecified atom stereocenters. The molecule has 0 radical (unpaired) electrons. The van der Waals surface area contributed by atoms with E-state index in [1.165, 1.54) is 16.8 Å². The van der Waals surface area contributed by atoms with Crippen LogP contribution < -0.4 is 10.6 Å². The summed E-state index contributed by atoms with van der Waals surface area (Å²) in [5.74, 6) is 0.438. The van der Waals surface area contributed by atoms with E-state index in [0.29, 0.717) is 5.92 Å². The van der Waals surface area contributed by atoms with Gasteiger partial charge >= 0.3 is 0 Å². The van der Waals surface area contributed by atoms with Crippen LogP contribution in [0.1, 0.15) is 17.0 Å². The van der Waals surface area contributed by atoms with Gasteiger partial charge in [0.05, 0.1) is 0 Å². The van der Waals surface area contributed by atoms with E-state index in [4.69, 9.17) is 5.73 Å². The molecular weight excluding hydrogens is 270 g/mol. The van der Waals surface area contributed by atoms with Crippen molar-refractivity contribution >= 4 is 5.69 Å². The summed E-state index contributed by atoms with van der Waals surface area (Å²) >= 11 is 0. The zero-order valence-electron chi connectivity index (χ0n) is 13.4. The molecule has 0 bridgehead atoms. The average molecular weight is 295 g/mol. The molecule has 0 aromatic heterocycles. The largest absolute Gasteiger partial charge is 0.377 e. The predicted molar refractivity (Wildman–Crippen MR) is 93.2 cm³/mol. The van der Waals surface area contributed by atoms with Crippen molar-refractivity contribution in [2.24, 2.45) is 5.73 Å². The number of hydrogen-bond donors (Lipinski definition) is 1. The molecule has 3 heteroatoms. The van der Waals surface area contributed by atoms with Crippen LogP contribution in [0.2, 0.25) is 0 Å². The van der Waals surface area contributed by atoms with Crippen LogP contribution in [0.3, 0.4) is 0 Å². The lowest BCUT2D eigenvalue weighted by Crippen LogP contribution is -2.28. The Balaban J connectivity index is 1.73. The lowest BCUT2D eigenvalue weighted by atomic mass is 9.95. The third kappa shape index (κ3) is 3.16. The fourth-order valence-corrected chi connectivity index (χ4v) is 3.42. The Morgan fingerprint density at radius 1 is 1.00 bits per heavy atom. The van der Waals surface area contributed by atoms with E-state index in [9.17, 15) is 0 Å². The van der Waals surface area contributed by atoms with Gasteiger partial charge in [0.1, 0.15) is 0 Å². The molecule has 1 aliphatic heterocycles. The van der Waals surface area contributed by atoms with Crippen LogP contribution in [-0.4, -0.2) is 38.1 Å². The minimum absolute atomic E-state index is 0.217. The predicted octanol–water partition coefficient (Wildman–Crippen LogP) is 2.68. The molecule has 1 aliphatic rings. The SMILES string of the molecule is CN(C)c1ccccc1CN1C[C@@H](N)[C@H](c2ccccc2)C1. The van der Waals surface area contributed by atoms with Crippen molar-refractivity contribution in [3.05, 3.63) is 65.7 Å². The molecule has 0 spiro atoms. The minimum atomic E-state index is 0.217. The van der Waals surface area contributed by atoms with E-state index >= 15 is 0 Å². The number of nitrogens with two attached hydrogens (primary N) is 1. The number of benzene rings is 2. The number of anilines is 1. The molecule has 22 heavy (non-hydrogen) atoms. The van der Waals surface area contributed by atoms with Gasteiger partial charge in [0.25, 0.3) is 0 Å². The highest BCUT2D eigenvalue weighted by molar-refractivity contribution is 5.52. The van der Waals surface area contributed by atoms with Crippen molar-refractivity contribution in [2.45, 2.75) is 18.5 Å². The average Bonchev–Trinajstić information content (AvgIpc) is 2.89. The first-order valence-corrected chi connectivity index (χ1v) is 7.93. The lowest BCUT2D eigenvalue weighted by molar-refractivity contribution is 0.324. The quantitative estimate of drug-likeness (QED) is 0.941. The molecule has 2 atom stereocenters. The Bertz CT molecular complexity index is 609. The second-order valence-corrected chi connectivity index (χ2v) is 6.40. The van der Waals surface area contributed by atoms with E-state index in [1.807, 2.05) is 0 Å². The van der Waals surface area contributed by atoms with E-state index in [2.05, 4.69) is 78.5 Å². The smallest absolute Gasteiger partial charge is 0.0406 e. The van der Waals surface area contributed by atoms with Crippen molar-refractivity contribution in [1.82, 2.24) is 4.90 Å². The number of nitrogens with zero attached hydrogens (tertiary/aromatic N) is 2. The van der Waals surface area contributed by atoms with Crippen LogP contribution in [0.15, 0.2) is 54.6 Å². The first kappa shape index (κ1) is 15.1. The maximum atomic E-state index is 6.40. The zero-order valence-corrected chi connectivity index (χ0v) is 13.4. The Kier molecular flexibility index (Phi) is 4.46. The fraction of sp³-hybridized carbons (Fsp3) is 0.368. The summed E-state index contributed by atoms with van der Waals surface area (Å²) in [6, 6.07) is 19.5. The minimum Gasteiger partial charge on any atom is -0.377 e. The third-order valence-corrected chi connectivity index (χ3v) is 4.54. The first-order valence-electron chi connectivity index (χ1n) is 7.93. The topological polar surface area (TPSA) is 32.5 Å². The molecule has 116 valence electrons. The molecule has 2 aromatic rings. The van der Waals surface area contributed by atoms with E-state index in [0.717, 1.165) is 19.6 Å². The third-order valence-electron chi connectivity index (χ3n) is 4.54. The monoisotopic (exact) mass is 295 g/mol. The molecule has 2 N–H and O–H groups in total. The van der Waals surface area contributed by atoms with Crippen LogP contribution in [0.4, 0.5) is 5.69 Å². The van der Waals surface area contributed by atoms with E-state index in [-0.39, 0.29) is 6.04 Å². The summed E-state index contributed by atoms with van der Waals surface area (Å²) in [5, 5.41) is 0. The highest BCUT2D eigenvalue weighted by atomic mass is 15.2. The van der Waals surface area contributed by atoms with Crippen LogP contribution >= 0.6 is 0 Å². The maximum absolute atomic E-state index is 6.40. The van der Waals surface area contributed by atoms with Gasteiger partial charge in [0.2, 0.25) is 0 Å². The van der Waals surface area contributed by atoms with Gasteiger partial charge in [-0.2, -0.15) is 0 Å². The molecule has 2 aromatic carbocycles. The zero-order chi connectivity index (χ0) is 15.5. The van der Waals surface area contributed by atoms with Gasteiger partial charge in [0, 0.05) is 51.4 Å². The van der Waals surface area contributed by atoms with Crippen molar-refractivity contribution in [3.63, 3.8) is 0 Å². The standard InChI is InChI=1S/C19H25N3/c1-21(2)19-11-7-6-10-16(19)12-22-13-17(18(20)14-22)15-8-4-3-5-9-15/h3-11,17-18H,12-14,20H2,1-2H3/t17-,18+/m0/s1. The van der Waals surface area contributed by atoms with Gasteiger partial charge in [-0.05, 0) is 17.2 Å². The van der Waals surface area contributed by atoms with Gasteiger partial charge in [-0.1, -0.05) is 48.5 Å². The Morgan fingerprint density at radius 3 is 2.41 bits per heavy atom. The highest BCUT2D eigenvalue weighted by Gasteiger charge is 2.31. The Hall–Kier alpha value is -1.84. The molecule has 3 rings (SSSR count). The first-order chi connectivity index (χ1) is 10.6. The van der Waals surface area contributed by atoms with E-state index in [1.54, 1.807) is 0 Å². The molecule has 1 fully saturated rings. The van der Waals surface area contributed by atoms with Crippen LogP contribution in [0.5, 0.6) is 0 Å². The number of likely N-dealkylation sites (tertiary alicyclic amines) is 1. The Morgan fingerprint density at radius 2 is 1.68 bits per heavy atom. The normalized spacial score (nSPS) is 22.0. The summed E-state index contributed by atoms with van der Waals surface area (Å²) in [7, 11) is 4.20. The number of para-hydroxylation sites is 1. The fourth-order valence-electron chi connectivity index (χ4n) is 3.42. The maximum Gasteiger partial charge on any atom is 0.0406 e. The van der Waals surface area contributed by atoms with Gasteiger partial charge < -0.3 is 10.6 Å². The van der Waals surface area contributed by atoms with Gasteiger partial charge in [-0.3, -0.25) is 4.90 Å². The van der Waals surface area contributed by atoms with Gasteiger partial charge in [-0.15, -0.1) is 0 Å². The van der Waals surface area contributed by atoms with E-state index < -0.39 is 0 Å². The summed E-state index contributed by atoms with van der Waals surface area (Å²) in [6.07, 6.45) is 0. The summed E-state index contributed by atoms with van der Waals surface area (Å²) < 4.78 is 0. The summed E-state index contributed by atoms with van der Waals surface area (Å²) in [6.45, 7) is 2.96. The Labute approximate surface area is 133 Å². The van der Waals surface area contributed by atoms with Crippen LogP contribution in [0.25, 0.3) is 0 Å². The second kappa shape index (κ2) is 6.51. The van der Waals surface area contributed by atoms with Crippen molar-refractivity contribution in [3.8, 4) is 0 Å². The molecule has 0 amide bonds. The van der Waals surface area contributed by atoms with Crippen molar-refractivity contribution < 1.29 is 0 Å². The molecule has 3 nitrogen and oxygen atoms in total. The number of rotatable bonds is 4. The molecular formula is C19H25N3. The molecule has 1 heterocycles. The van der Waals surface area contributed by atoms with Gasteiger partial charge in [0.15, 0.2) is 0 Å². The van der Waals surface area contributed by atoms with Crippen LogP contribution in [-0.2, 0) is 6.54 Å². The van der Waals surface area contributed by atoms with Crippen LogP contribution in [0, 0.1) is 0 Å². The van der Waals surface area contributed by atoms with Gasteiger partial charge in [-0.25, -0.2) is 0 Å². The lowest BCUT2D eigenvalue weighted by Gasteiger charge is -2.21. The second-order valence-electron chi connectivity index (χ2n) is 6.40. The highest BCUT2D eigenvalue weighted by Crippen LogP contribution is 2.29. The molecule has 0 aliphatic carbocycles. The number of hydrogen-bond acceptors (Lipinski definition) is 3. The summed E-state index contributed by atoms with van der Waals surface area (Å²) in [5.41, 5.74) is 10.4. The summed E-state index contributed by atoms with van der Waals surface area (Å²) in [4.78, 5) is 4.66. The molecule has 1 saturated heterocycles. The molecule has 0 saturated carbocycles.